The van der Waals surface area contributed by atoms with Crippen LogP contribution >= 0.6 is 0 Å². The fourth-order valence-corrected chi connectivity index (χ4v) is 3.92. The molecule has 4 rings (SSSR count). The molecule has 22 N–H and O–H groups in total. The molecule has 0 aromatic rings. The van der Waals surface area contributed by atoms with Crippen LogP contribution in [0.1, 0.15) is 0 Å². The van der Waals surface area contributed by atoms with Crippen LogP contribution in [0.25, 0.3) is 0 Å². The SMILES string of the molecule is NCCNCCNCCN.O=C1O[C@H]([C@@H](O)CO)C(O)=C1O.O=C1O[C@H]([C@@H](O)CO)C(O)=C1O.O=C1O[C@H]([C@@H](O)CO)C(O)=C1O.O=C1O[C@H]([C@@H](O)CO)C(O)=C1O. The first kappa shape index (κ1) is 52.8. The molecule has 0 aromatic heterocycles. The summed E-state index contributed by atoms with van der Waals surface area (Å²) >= 11 is 0. The van der Waals surface area contributed by atoms with Crippen molar-refractivity contribution in [3.8, 4) is 0 Å². The molecule has 0 bridgehead atoms. The summed E-state index contributed by atoms with van der Waals surface area (Å²) in [6.45, 7) is 2.45. The van der Waals surface area contributed by atoms with Gasteiger partial charge in [0.05, 0.1) is 26.4 Å². The Morgan fingerprint density at radius 1 is 0.414 bits per heavy atom. The summed E-state index contributed by atoms with van der Waals surface area (Å²) in [6.07, 6.45) is -11.1. The molecular weight excluding hydrogens is 800 g/mol. The van der Waals surface area contributed by atoms with E-state index in [1.807, 2.05) is 0 Å². The van der Waals surface area contributed by atoms with Crippen molar-refractivity contribution in [1.29, 1.82) is 0 Å². The van der Waals surface area contributed by atoms with Gasteiger partial charge in [0, 0.05) is 39.3 Å². The number of nitrogens with one attached hydrogen (secondary N) is 2. The Kier molecular flexibility index (Phi) is 24.2. The van der Waals surface area contributed by atoms with Gasteiger partial charge in [-0.3, -0.25) is 0 Å². The molecule has 58 heavy (non-hydrogen) atoms. The highest BCUT2D eigenvalue weighted by atomic mass is 16.6. The summed E-state index contributed by atoms with van der Waals surface area (Å²) in [5, 5.41) is 147. The summed E-state index contributed by atoms with van der Waals surface area (Å²) in [4.78, 5) is 42.1. The zero-order valence-corrected chi connectivity index (χ0v) is 30.3. The Bertz CT molecular complexity index is 1280. The molecule has 0 saturated carbocycles. The minimum absolute atomic E-state index is 0.671. The lowest BCUT2D eigenvalue weighted by Gasteiger charge is -2.13. The average Bonchev–Trinajstić information content (AvgIpc) is 3.84. The van der Waals surface area contributed by atoms with Gasteiger partial charge in [-0.1, -0.05) is 0 Å². The zero-order valence-electron chi connectivity index (χ0n) is 30.3. The van der Waals surface area contributed by atoms with Crippen molar-refractivity contribution in [3.05, 3.63) is 46.1 Å². The number of carbonyl (C=O) groups excluding carboxylic acids is 4. The monoisotopic (exact) mass is 850 g/mol. The van der Waals surface area contributed by atoms with E-state index in [2.05, 4.69) is 29.6 Å². The molecule has 8 atom stereocenters. The third kappa shape index (κ3) is 15.6. The lowest BCUT2D eigenvalue weighted by atomic mass is 10.2. The van der Waals surface area contributed by atoms with E-state index in [4.69, 9.17) is 93.2 Å². The number of hydrogen-bond donors (Lipinski definition) is 20. The number of ether oxygens (including phenoxy) is 4. The van der Waals surface area contributed by atoms with Crippen molar-refractivity contribution in [3.63, 3.8) is 0 Å². The summed E-state index contributed by atoms with van der Waals surface area (Å²) in [5.74, 6) is -11.1. The van der Waals surface area contributed by atoms with Crippen LogP contribution in [0.5, 0.6) is 0 Å². The van der Waals surface area contributed by atoms with E-state index in [1.165, 1.54) is 0 Å². The molecule has 0 aliphatic carbocycles. The predicted molar refractivity (Wildman–Crippen MR) is 185 cm³/mol. The van der Waals surface area contributed by atoms with Crippen LogP contribution in [0.3, 0.4) is 0 Å². The molecule has 28 heteroatoms. The normalized spacial score (nSPS) is 23.1. The lowest BCUT2D eigenvalue weighted by molar-refractivity contribution is -0.148. The summed E-state index contributed by atoms with van der Waals surface area (Å²) in [6, 6.07) is 0. The second-order valence-electron chi connectivity index (χ2n) is 11.3. The first-order chi connectivity index (χ1) is 27.2. The van der Waals surface area contributed by atoms with Gasteiger partial charge in [0.25, 0.3) is 0 Å². The van der Waals surface area contributed by atoms with Crippen LogP contribution in [0.2, 0.25) is 0 Å². The van der Waals surface area contributed by atoms with Gasteiger partial charge >= 0.3 is 23.9 Å². The minimum atomic E-state index is -1.42. The van der Waals surface area contributed by atoms with Gasteiger partial charge < -0.3 is 123 Å². The van der Waals surface area contributed by atoms with Crippen LogP contribution in [-0.4, -0.2) is 220 Å². The standard InChI is InChI=1S/C6H18N4.4C6H8O6/c7-1-3-9-5-6-10-4-2-8;4*7-1-2(8)5-3(9)4(10)6(11)12-5/h9-10H,1-8H2;4*2,5,7-10H,1H2/t;4*2-,5+/m.0000/s1. The molecule has 0 unspecified atom stereocenters. The van der Waals surface area contributed by atoms with Gasteiger partial charge in [-0.05, 0) is 0 Å². The Hall–Kier alpha value is -5.24. The summed E-state index contributed by atoms with van der Waals surface area (Å²) in [5.41, 5.74) is 10.5. The minimum Gasteiger partial charge on any atom is -0.505 e. The van der Waals surface area contributed by atoms with Gasteiger partial charge in [0.15, 0.2) is 47.5 Å². The van der Waals surface area contributed by atoms with Gasteiger partial charge in [0.2, 0.25) is 23.0 Å². The lowest BCUT2D eigenvalue weighted by Crippen LogP contribution is -2.32. The first-order valence-corrected chi connectivity index (χ1v) is 16.5. The Labute approximate surface area is 326 Å². The van der Waals surface area contributed by atoms with Gasteiger partial charge in [-0.25, -0.2) is 19.2 Å². The summed E-state index contributed by atoms with van der Waals surface area (Å²) < 4.78 is 17.3. The number of cyclic esters (lactones) is 4. The summed E-state index contributed by atoms with van der Waals surface area (Å²) in [7, 11) is 0. The van der Waals surface area contributed by atoms with E-state index in [9.17, 15) is 19.2 Å². The topological polar surface area (TPSA) is 505 Å². The zero-order chi connectivity index (χ0) is 44.9. The van der Waals surface area contributed by atoms with Crippen molar-refractivity contribution in [2.45, 2.75) is 48.8 Å². The number of hydrogen-bond acceptors (Lipinski definition) is 28. The fourth-order valence-electron chi connectivity index (χ4n) is 3.92. The van der Waals surface area contributed by atoms with Crippen molar-refractivity contribution < 1.29 is 120 Å². The maximum atomic E-state index is 10.5. The number of rotatable bonds is 15. The number of esters is 4. The van der Waals surface area contributed by atoms with E-state index >= 15 is 0 Å². The average molecular weight is 851 g/mol. The van der Waals surface area contributed by atoms with Crippen LogP contribution in [0.15, 0.2) is 46.1 Å². The third-order valence-corrected chi connectivity index (χ3v) is 7.02. The maximum Gasteiger partial charge on any atom is 0.377 e. The molecule has 0 radical (unpaired) electrons. The third-order valence-electron chi connectivity index (χ3n) is 7.02. The highest BCUT2D eigenvalue weighted by Crippen LogP contribution is 2.23. The fraction of sp³-hybridized carbons (Fsp3) is 0.600. The molecule has 0 amide bonds. The molecule has 4 aliphatic heterocycles. The number of nitrogens with two attached hydrogens (primary N) is 2. The van der Waals surface area contributed by atoms with Crippen LogP contribution < -0.4 is 22.1 Å². The van der Waals surface area contributed by atoms with Crippen molar-refractivity contribution >= 4 is 23.9 Å². The van der Waals surface area contributed by atoms with Gasteiger partial charge in [-0.15, -0.1) is 0 Å². The highest BCUT2D eigenvalue weighted by Gasteiger charge is 2.41. The predicted octanol–water partition coefficient (Wildman–Crippen LogP) is -7.55. The van der Waals surface area contributed by atoms with E-state index in [0.29, 0.717) is 13.1 Å². The van der Waals surface area contributed by atoms with Gasteiger partial charge in [-0.2, -0.15) is 0 Å². The van der Waals surface area contributed by atoms with Crippen molar-refractivity contribution in [2.75, 3.05) is 65.7 Å². The molecule has 0 aromatic carbocycles. The molecule has 4 heterocycles. The van der Waals surface area contributed by atoms with Crippen LogP contribution in [-0.2, 0) is 38.1 Å². The second kappa shape index (κ2) is 26.6. The first-order valence-electron chi connectivity index (χ1n) is 16.5. The smallest absolute Gasteiger partial charge is 0.377 e. The van der Waals surface area contributed by atoms with E-state index in [0.717, 1.165) is 26.2 Å². The number of carbonyl (C=O) groups is 4. The quantitative estimate of drug-likeness (QED) is 0.0413. The molecule has 4 aliphatic rings. The molecule has 0 saturated heterocycles. The van der Waals surface area contributed by atoms with Crippen molar-refractivity contribution in [1.82, 2.24) is 10.6 Å². The molecular formula is C30H50N4O24. The number of aliphatic hydroxyl groups is 16. The molecule has 28 nitrogen and oxygen atoms in total. The van der Waals surface area contributed by atoms with E-state index in [1.54, 1.807) is 0 Å². The van der Waals surface area contributed by atoms with Crippen LogP contribution in [0.4, 0.5) is 0 Å². The van der Waals surface area contributed by atoms with E-state index in [-0.39, 0.29) is 0 Å². The molecule has 0 fully saturated rings. The van der Waals surface area contributed by atoms with Gasteiger partial charge in [0.1, 0.15) is 24.4 Å². The largest absolute Gasteiger partial charge is 0.505 e. The highest BCUT2D eigenvalue weighted by molar-refractivity contribution is 5.90. The Morgan fingerprint density at radius 3 is 0.724 bits per heavy atom. The Balaban J connectivity index is 0.000000702. The Morgan fingerprint density at radius 2 is 0.603 bits per heavy atom. The molecule has 334 valence electrons. The number of aliphatic hydroxyl groups excluding tert-OH is 16. The maximum absolute atomic E-state index is 10.5. The van der Waals surface area contributed by atoms with Crippen molar-refractivity contribution in [2.24, 2.45) is 11.5 Å². The molecule has 0 spiro atoms. The second-order valence-corrected chi connectivity index (χ2v) is 11.3. The van der Waals surface area contributed by atoms with Crippen LogP contribution in [0, 0.1) is 0 Å². The van der Waals surface area contributed by atoms with E-state index < -0.39 is 145 Å².